The zero-order valence-corrected chi connectivity index (χ0v) is 52.1. The van der Waals surface area contributed by atoms with Crippen molar-refractivity contribution in [2.24, 2.45) is 0 Å². The topological polar surface area (TPSA) is 142 Å². The molecule has 0 aromatic heterocycles. The Balaban J connectivity index is 1.27. The zero-order valence-electron chi connectivity index (χ0n) is 48.5. The van der Waals surface area contributed by atoms with Gasteiger partial charge in [0.15, 0.2) is 0 Å². The maximum Gasteiger partial charge on any atom is 0.462 e. The molecule has 0 spiro atoms. The normalized spacial score (nSPS) is 24.8. The summed E-state index contributed by atoms with van der Waals surface area (Å²) in [7, 11) is -17.9. The fourth-order valence-electron chi connectivity index (χ4n) is 13.3. The van der Waals surface area contributed by atoms with E-state index in [1.807, 2.05) is 52.0 Å². The first-order chi connectivity index (χ1) is 40.6. The van der Waals surface area contributed by atoms with Gasteiger partial charge in [0.05, 0.1) is 21.2 Å². The molecule has 84 heavy (non-hydrogen) atoms. The first-order valence-corrected chi connectivity index (χ1v) is 35.6. The number of rotatable bonds is 12. The Morgan fingerprint density at radius 3 is 0.571 bits per heavy atom. The average molecular weight is 1200 g/mol. The largest absolute Gasteiger partial charge is 0.462 e. The van der Waals surface area contributed by atoms with Gasteiger partial charge in [-0.15, -0.1) is 0 Å². The summed E-state index contributed by atoms with van der Waals surface area (Å²) in [6, 6.07) is 44.1. The van der Waals surface area contributed by atoms with E-state index in [1.165, 1.54) is 0 Å². The van der Waals surface area contributed by atoms with Crippen molar-refractivity contribution in [2.75, 3.05) is 0 Å². The van der Waals surface area contributed by atoms with Crippen LogP contribution in [-0.4, -0.2) is 0 Å². The fourth-order valence-corrected chi connectivity index (χ4v) is 20.4. The van der Waals surface area contributed by atoms with Crippen molar-refractivity contribution in [3.8, 4) is 46.0 Å². The van der Waals surface area contributed by atoms with E-state index < -0.39 is 54.1 Å². The molecule has 4 aliphatic heterocycles. The minimum atomic E-state index is -4.48. The first-order valence-electron chi connectivity index (χ1n) is 29.4. The van der Waals surface area contributed by atoms with Gasteiger partial charge in [0, 0.05) is 90.4 Å². The van der Waals surface area contributed by atoms with Gasteiger partial charge in [-0.2, -0.15) is 0 Å². The number of benzene rings is 8. The monoisotopic (exact) mass is 1200 g/mol. The van der Waals surface area contributed by atoms with Gasteiger partial charge < -0.3 is 36.2 Å². The van der Waals surface area contributed by atoms with Crippen LogP contribution in [0.1, 0.15) is 169 Å². The van der Waals surface area contributed by atoms with Crippen molar-refractivity contribution in [1.29, 1.82) is 0 Å². The molecule has 0 unspecified atom stereocenters. The molecule has 12 nitrogen and oxygen atoms in total. The van der Waals surface area contributed by atoms with Crippen LogP contribution in [0.3, 0.4) is 0 Å². The van der Waals surface area contributed by atoms with E-state index in [9.17, 15) is 0 Å². The summed E-state index contributed by atoms with van der Waals surface area (Å²) in [6.45, 7) is 16.1. The van der Waals surface area contributed by atoms with Gasteiger partial charge in [-0.3, -0.25) is 0 Å². The Hall–Kier alpha value is -6.92. The summed E-state index contributed by atoms with van der Waals surface area (Å²) >= 11 is 0. The molecule has 8 bridgehead atoms. The van der Waals surface area contributed by atoms with E-state index in [0.717, 1.165) is 70.2 Å². The molecule has 8 aromatic carbocycles. The molecular formula is C68H68O12P4. The highest BCUT2D eigenvalue weighted by atomic mass is 31.2. The van der Waals surface area contributed by atoms with Crippen molar-refractivity contribution in [3.05, 3.63) is 212 Å². The Morgan fingerprint density at radius 2 is 0.429 bits per heavy atom. The fraction of sp³-hybridized carbons (Fsp3) is 0.294. The molecule has 13 rings (SSSR count). The molecule has 8 aromatic rings. The molecule has 0 saturated heterocycles. The predicted octanol–water partition coefficient (Wildman–Crippen LogP) is 18.1. The Labute approximate surface area is 492 Å². The minimum absolute atomic E-state index is 0.287. The lowest BCUT2D eigenvalue weighted by molar-refractivity contribution is 0.366. The van der Waals surface area contributed by atoms with E-state index in [1.54, 1.807) is 97.1 Å². The van der Waals surface area contributed by atoms with Crippen LogP contribution in [0.5, 0.6) is 46.0 Å². The summed E-state index contributed by atoms with van der Waals surface area (Å²) in [6.07, 6.45) is 5.25. The van der Waals surface area contributed by atoms with Gasteiger partial charge >= 0.3 is 30.4 Å². The smallest absolute Gasteiger partial charge is 0.412 e. The molecule has 0 N–H and O–H groups in total. The second-order valence-electron chi connectivity index (χ2n) is 22.8. The molecule has 432 valence electrons. The molecule has 5 aliphatic rings. The molecule has 16 heteroatoms. The maximum absolute atomic E-state index is 16.6. The first kappa shape index (κ1) is 56.2. The minimum Gasteiger partial charge on any atom is -0.412 e. The average Bonchev–Trinajstić information content (AvgIpc) is 1.97. The van der Waals surface area contributed by atoms with Crippen LogP contribution in [-0.2, 0) is 18.3 Å². The molecule has 0 atom stereocenters. The van der Waals surface area contributed by atoms with Gasteiger partial charge in [-0.25, -0.2) is 18.3 Å². The second kappa shape index (κ2) is 21.5. The SMILES string of the molecule is CCCC1c2cc3c4c(C)c2OP(=O)(c2ccccc2)Oc2c1cc1c(c2C)OP(=O)(c2ccccc2)Oc2c(cc5c(c2C)OP(=O)(c2ccccc2)Oc2c(cc(c(c2C)OP(=O)(c2ccccc2)O4)C3CCC)C5CCC)C1CCC. The van der Waals surface area contributed by atoms with E-state index in [2.05, 4.69) is 52.0 Å². The lowest BCUT2D eigenvalue weighted by Gasteiger charge is -2.39. The molecule has 0 saturated carbocycles. The van der Waals surface area contributed by atoms with Crippen molar-refractivity contribution in [2.45, 2.75) is 130 Å². The summed E-state index contributed by atoms with van der Waals surface area (Å²) in [5.74, 6) is 0.434. The highest BCUT2D eigenvalue weighted by Crippen LogP contribution is 2.68. The summed E-state index contributed by atoms with van der Waals surface area (Å²) in [5, 5.41) is 1.19. The summed E-state index contributed by atoms with van der Waals surface area (Å²) in [5.41, 5.74) is 7.90. The van der Waals surface area contributed by atoms with Gasteiger partial charge in [0.25, 0.3) is 0 Å². The van der Waals surface area contributed by atoms with Crippen molar-refractivity contribution < 1.29 is 54.5 Å². The predicted molar refractivity (Wildman–Crippen MR) is 331 cm³/mol. The molecule has 0 radical (unpaired) electrons. The third-order valence-electron chi connectivity index (χ3n) is 17.4. The van der Waals surface area contributed by atoms with Gasteiger partial charge in [0.1, 0.15) is 46.0 Å². The van der Waals surface area contributed by atoms with Crippen LogP contribution in [0.15, 0.2) is 146 Å². The van der Waals surface area contributed by atoms with E-state index >= 15 is 18.3 Å². The van der Waals surface area contributed by atoms with E-state index in [-0.39, 0.29) is 46.0 Å². The highest BCUT2D eigenvalue weighted by molar-refractivity contribution is 7.64. The highest BCUT2D eigenvalue weighted by Gasteiger charge is 2.49. The van der Waals surface area contributed by atoms with Crippen LogP contribution >= 0.6 is 30.4 Å². The summed E-state index contributed by atoms with van der Waals surface area (Å²) < 4.78 is 124. The van der Waals surface area contributed by atoms with Crippen LogP contribution in [0.2, 0.25) is 0 Å². The lowest BCUT2D eigenvalue weighted by atomic mass is 9.75. The van der Waals surface area contributed by atoms with Crippen molar-refractivity contribution >= 4 is 51.6 Å². The van der Waals surface area contributed by atoms with Crippen LogP contribution < -0.4 is 57.4 Å². The van der Waals surface area contributed by atoms with Crippen LogP contribution in [0.4, 0.5) is 0 Å². The molecule has 4 heterocycles. The van der Waals surface area contributed by atoms with Crippen molar-refractivity contribution in [1.82, 2.24) is 0 Å². The second-order valence-corrected chi connectivity index (χ2v) is 30.3. The van der Waals surface area contributed by atoms with E-state index in [0.29, 0.717) is 69.2 Å². The molecular weight excluding hydrogens is 1130 g/mol. The molecule has 0 amide bonds. The van der Waals surface area contributed by atoms with Crippen LogP contribution in [0, 0.1) is 27.7 Å². The van der Waals surface area contributed by atoms with Gasteiger partial charge in [-0.05, 0) is 126 Å². The maximum atomic E-state index is 16.6. The standard InChI is InChI=1S/C68H68O12P4/c1-9-25-49-53-37-55-50(26-10-2)57-39-59-52(28-12-4)60-40-58-51(27-11-3)56-38-54(49)62-42(6)64(56)76-83(71,47-33-21-15-22-34-47)78-66(58)44(8)68(60)80-84(72,48-35-23-16-24-36-48)79-67(59)43(7)65(57)77-82(70,46-31-19-14-20-32-46)75-63(55)41(5)61(53)73-81(69,74-62)45-29-17-13-18-30-45/h13-24,29-40,49-52H,9-12,25-28H2,1-8H3. The Bertz CT molecular complexity index is 3460. The third kappa shape index (κ3) is 9.07. The Kier molecular flexibility index (Phi) is 14.4. The lowest BCUT2D eigenvalue weighted by Crippen LogP contribution is -2.25. The third-order valence-corrected chi connectivity index (χ3v) is 24.5. The van der Waals surface area contributed by atoms with Crippen LogP contribution in [0.25, 0.3) is 0 Å². The summed E-state index contributed by atoms with van der Waals surface area (Å²) in [4.78, 5) is 0. The quantitative estimate of drug-likeness (QED) is 0.107. The van der Waals surface area contributed by atoms with Gasteiger partial charge in [0.2, 0.25) is 0 Å². The van der Waals surface area contributed by atoms with E-state index in [4.69, 9.17) is 36.2 Å². The van der Waals surface area contributed by atoms with Crippen molar-refractivity contribution in [3.63, 3.8) is 0 Å². The molecule has 1 aliphatic carbocycles. The number of hydrogen-bond acceptors (Lipinski definition) is 12. The molecule has 0 fully saturated rings. The zero-order chi connectivity index (χ0) is 58.5. The number of hydrogen-bond donors (Lipinski definition) is 0. The Morgan fingerprint density at radius 1 is 0.274 bits per heavy atom. The van der Waals surface area contributed by atoms with Gasteiger partial charge in [-0.1, -0.05) is 126 Å².